The molecule has 5 heteroatoms. The van der Waals surface area contributed by atoms with Gasteiger partial charge in [0.15, 0.2) is 0 Å². The number of benzene rings is 2. The van der Waals surface area contributed by atoms with Crippen molar-refractivity contribution >= 4 is 16.9 Å². The van der Waals surface area contributed by atoms with Crippen LogP contribution in [0.15, 0.2) is 42.5 Å². The summed E-state index contributed by atoms with van der Waals surface area (Å²) in [6.45, 7) is 15.4. The summed E-state index contributed by atoms with van der Waals surface area (Å²) in [5, 5.41) is 4.79. The lowest BCUT2D eigenvalue weighted by Gasteiger charge is -2.54. The number of hydrogen-bond acceptors (Lipinski definition) is 4. The Bertz CT molecular complexity index is 1370. The molecule has 6 rings (SSSR count). The van der Waals surface area contributed by atoms with E-state index in [0.29, 0.717) is 5.92 Å². The van der Waals surface area contributed by atoms with Gasteiger partial charge in [0.1, 0.15) is 0 Å². The first-order chi connectivity index (χ1) is 18.3. The normalized spacial score (nSPS) is 27.2. The lowest BCUT2D eigenvalue weighted by atomic mass is 9.49. The number of methoxy groups -OCH3 is 1. The van der Waals surface area contributed by atoms with Crippen LogP contribution in [0.3, 0.4) is 0 Å². The van der Waals surface area contributed by atoms with Gasteiger partial charge in [-0.1, -0.05) is 57.5 Å². The molecular formula is C33H43N3O2. The van der Waals surface area contributed by atoms with E-state index >= 15 is 0 Å². The maximum absolute atomic E-state index is 13.6. The van der Waals surface area contributed by atoms with Crippen LogP contribution in [0.25, 0.3) is 22.2 Å². The fourth-order valence-electron chi connectivity index (χ4n) is 8.13. The van der Waals surface area contributed by atoms with E-state index in [-0.39, 0.29) is 17.3 Å². The van der Waals surface area contributed by atoms with Crippen molar-refractivity contribution in [1.82, 2.24) is 14.8 Å². The van der Waals surface area contributed by atoms with Gasteiger partial charge in [-0.2, -0.15) is 0 Å². The molecule has 0 radical (unpaired) electrons. The van der Waals surface area contributed by atoms with Crippen molar-refractivity contribution in [3.63, 3.8) is 0 Å². The lowest BCUT2D eigenvalue weighted by molar-refractivity contribution is -0.157. The van der Waals surface area contributed by atoms with Crippen molar-refractivity contribution in [3.05, 3.63) is 59.2 Å². The van der Waals surface area contributed by atoms with Gasteiger partial charge in [-0.3, -0.25) is 9.69 Å². The number of nitrogens with one attached hydrogen (secondary N) is 1. The molecule has 1 saturated carbocycles. The van der Waals surface area contributed by atoms with Crippen molar-refractivity contribution < 1.29 is 9.53 Å². The largest absolute Gasteiger partial charge is 0.469 e. The highest BCUT2D eigenvalue weighted by atomic mass is 16.5. The van der Waals surface area contributed by atoms with Crippen LogP contribution in [0, 0.1) is 5.41 Å². The number of rotatable bonds is 5. The van der Waals surface area contributed by atoms with Gasteiger partial charge in [0, 0.05) is 67.1 Å². The molecule has 202 valence electrons. The summed E-state index contributed by atoms with van der Waals surface area (Å²) >= 11 is 0. The molecule has 1 aromatic heterocycles. The van der Waals surface area contributed by atoms with Crippen LogP contribution in [0.2, 0.25) is 0 Å². The van der Waals surface area contributed by atoms with Crippen LogP contribution < -0.4 is 5.32 Å². The van der Waals surface area contributed by atoms with Crippen LogP contribution >= 0.6 is 0 Å². The van der Waals surface area contributed by atoms with Crippen molar-refractivity contribution in [2.75, 3.05) is 39.8 Å². The number of carbonyl (C=O) groups is 1. The molecule has 2 fully saturated rings. The summed E-state index contributed by atoms with van der Waals surface area (Å²) in [6, 6.07) is 16.1. The molecule has 38 heavy (non-hydrogen) atoms. The Morgan fingerprint density at radius 3 is 2.58 bits per heavy atom. The first kappa shape index (κ1) is 25.6. The van der Waals surface area contributed by atoms with E-state index in [0.717, 1.165) is 58.5 Å². The van der Waals surface area contributed by atoms with Gasteiger partial charge >= 0.3 is 5.97 Å². The molecule has 2 aromatic carbocycles. The molecule has 2 heterocycles. The molecule has 3 aliphatic rings. The van der Waals surface area contributed by atoms with Gasteiger partial charge in [0.25, 0.3) is 0 Å². The van der Waals surface area contributed by atoms with Crippen LogP contribution in [0.1, 0.15) is 75.5 Å². The number of esters is 1. The Kier molecular flexibility index (Phi) is 6.43. The topological polar surface area (TPSA) is 46.5 Å². The summed E-state index contributed by atoms with van der Waals surface area (Å²) in [5.74, 6) is 0.452. The van der Waals surface area contributed by atoms with E-state index in [1.165, 1.54) is 38.9 Å². The van der Waals surface area contributed by atoms with Crippen molar-refractivity contribution in [2.45, 2.75) is 70.8 Å². The Labute approximate surface area is 227 Å². The summed E-state index contributed by atoms with van der Waals surface area (Å²) in [5.41, 5.74) is 7.43. The first-order valence-electron chi connectivity index (χ1n) is 14.6. The summed E-state index contributed by atoms with van der Waals surface area (Å²) in [7, 11) is 1.56. The second kappa shape index (κ2) is 9.53. The number of carbonyl (C=O) groups excluding carboxylic acids is 1. The molecule has 0 amide bonds. The summed E-state index contributed by atoms with van der Waals surface area (Å²) in [6.07, 6.45) is 2.97. The highest BCUT2D eigenvalue weighted by Crippen LogP contribution is 2.65. The SMILES string of the molecule is COC(=O)[C@]1(C)CCC[C@]2(C)c3ccc(C(C)C)cc3-c3c(c4ccccc4n3CCN3CCNCC3)[C@@H]12. The standard InChI is InChI=1S/C33H43N3O2/c1-22(2)23-11-12-26-25(21-23)29-28(30-32(26,3)13-8-14-33(30,4)31(37)38-5)24-9-6-7-10-27(24)36(29)20-19-35-17-15-34-16-18-35/h6-7,9-12,21-22,30,34H,8,13-20H2,1-5H3/t30-,32-,33-/m1/s1. The Hall–Kier alpha value is -2.63. The minimum absolute atomic E-state index is 0.0638. The minimum Gasteiger partial charge on any atom is -0.469 e. The number of piperazine rings is 1. The maximum Gasteiger partial charge on any atom is 0.312 e. The average molecular weight is 514 g/mol. The number of aromatic nitrogens is 1. The fraction of sp³-hybridized carbons (Fsp3) is 0.545. The van der Waals surface area contributed by atoms with E-state index in [2.05, 4.69) is 84.9 Å². The Balaban J connectivity index is 1.63. The van der Waals surface area contributed by atoms with Gasteiger partial charge in [-0.05, 0) is 54.5 Å². The molecule has 1 saturated heterocycles. The smallest absolute Gasteiger partial charge is 0.312 e. The molecular weight excluding hydrogens is 470 g/mol. The van der Waals surface area contributed by atoms with Gasteiger partial charge in [0.05, 0.1) is 18.2 Å². The molecule has 3 atom stereocenters. The first-order valence-corrected chi connectivity index (χ1v) is 14.6. The monoisotopic (exact) mass is 513 g/mol. The predicted octanol–water partition coefficient (Wildman–Crippen LogP) is 6.06. The number of ether oxygens (including phenoxy) is 1. The van der Waals surface area contributed by atoms with E-state index in [1.807, 2.05) is 0 Å². The van der Waals surface area contributed by atoms with E-state index < -0.39 is 5.41 Å². The number of nitrogens with zero attached hydrogens (tertiary/aromatic N) is 2. The number of hydrogen-bond donors (Lipinski definition) is 1. The van der Waals surface area contributed by atoms with Crippen LogP contribution in [0.5, 0.6) is 0 Å². The second-order valence-electron chi connectivity index (χ2n) is 12.6. The quantitative estimate of drug-likeness (QED) is 0.422. The van der Waals surface area contributed by atoms with Gasteiger partial charge in [-0.25, -0.2) is 0 Å². The third kappa shape index (κ3) is 3.76. The molecule has 3 aromatic rings. The third-order valence-corrected chi connectivity index (χ3v) is 10.0. The van der Waals surface area contributed by atoms with Crippen molar-refractivity contribution in [2.24, 2.45) is 5.41 Å². The van der Waals surface area contributed by atoms with Crippen molar-refractivity contribution in [1.29, 1.82) is 0 Å². The number of para-hydroxylation sites is 1. The van der Waals surface area contributed by atoms with Crippen LogP contribution in [-0.4, -0.2) is 55.3 Å². The Morgan fingerprint density at radius 1 is 1.08 bits per heavy atom. The zero-order valence-electron chi connectivity index (χ0n) is 23.8. The fourth-order valence-corrected chi connectivity index (χ4v) is 8.13. The molecule has 0 unspecified atom stereocenters. The highest BCUT2D eigenvalue weighted by molar-refractivity contribution is 5.96. The average Bonchev–Trinajstić information content (AvgIpc) is 3.25. The van der Waals surface area contributed by atoms with E-state index in [1.54, 1.807) is 7.11 Å². The van der Waals surface area contributed by atoms with Crippen LogP contribution in [0.4, 0.5) is 0 Å². The van der Waals surface area contributed by atoms with Gasteiger partial charge in [0.2, 0.25) is 0 Å². The molecule has 5 nitrogen and oxygen atoms in total. The minimum atomic E-state index is -0.571. The van der Waals surface area contributed by atoms with Gasteiger partial charge < -0.3 is 14.6 Å². The lowest BCUT2D eigenvalue weighted by Crippen LogP contribution is -2.50. The zero-order chi connectivity index (χ0) is 26.7. The predicted molar refractivity (Wildman–Crippen MR) is 155 cm³/mol. The maximum atomic E-state index is 13.6. The molecule has 1 N–H and O–H groups in total. The molecule has 2 aliphatic carbocycles. The zero-order valence-corrected chi connectivity index (χ0v) is 23.8. The van der Waals surface area contributed by atoms with E-state index in [9.17, 15) is 4.79 Å². The third-order valence-electron chi connectivity index (χ3n) is 10.0. The summed E-state index contributed by atoms with van der Waals surface area (Å²) in [4.78, 5) is 16.2. The highest BCUT2D eigenvalue weighted by Gasteiger charge is 2.58. The summed E-state index contributed by atoms with van der Waals surface area (Å²) < 4.78 is 8.11. The van der Waals surface area contributed by atoms with Crippen LogP contribution in [-0.2, 0) is 21.5 Å². The molecule has 1 aliphatic heterocycles. The van der Waals surface area contributed by atoms with E-state index in [4.69, 9.17) is 4.74 Å². The number of fused-ring (bicyclic) bond motifs is 8. The van der Waals surface area contributed by atoms with Crippen molar-refractivity contribution in [3.8, 4) is 11.3 Å². The molecule has 0 spiro atoms. The molecule has 0 bridgehead atoms. The Morgan fingerprint density at radius 2 is 1.84 bits per heavy atom. The second-order valence-corrected chi connectivity index (χ2v) is 12.6. The van der Waals surface area contributed by atoms with Gasteiger partial charge in [-0.15, -0.1) is 0 Å².